The molecule has 1 aromatic heterocycles. The van der Waals surface area contributed by atoms with Gasteiger partial charge in [0.15, 0.2) is 0 Å². The van der Waals surface area contributed by atoms with E-state index < -0.39 is 6.09 Å². The van der Waals surface area contributed by atoms with Crippen LogP contribution in [0.1, 0.15) is 5.69 Å². The first-order chi connectivity index (χ1) is 8.24. The lowest BCUT2D eigenvalue weighted by molar-refractivity contribution is 0.200. The Balaban J connectivity index is 1.84. The number of benzene rings is 1. The number of rotatable bonds is 3. The van der Waals surface area contributed by atoms with Crippen LogP contribution < -0.4 is 14.9 Å². The van der Waals surface area contributed by atoms with Crippen molar-refractivity contribution in [1.29, 1.82) is 0 Å². The van der Waals surface area contributed by atoms with Crippen LogP contribution in [0.3, 0.4) is 0 Å². The second-order valence-electron chi connectivity index (χ2n) is 3.23. The van der Waals surface area contributed by atoms with E-state index in [1.165, 1.54) is 0 Å². The molecule has 88 valence electrons. The maximum absolute atomic E-state index is 11.4. The van der Waals surface area contributed by atoms with Crippen LogP contribution in [-0.2, 0) is 6.54 Å². The van der Waals surface area contributed by atoms with Crippen molar-refractivity contribution in [2.75, 3.05) is 0 Å². The molecule has 0 bridgehead atoms. The number of hydrogen-bond acceptors (Lipinski definition) is 4. The minimum Gasteiger partial charge on any atom is -0.410 e. The lowest BCUT2D eigenvalue weighted by atomic mass is 10.3. The van der Waals surface area contributed by atoms with Crippen LogP contribution in [0.5, 0.6) is 5.75 Å². The summed E-state index contributed by atoms with van der Waals surface area (Å²) in [6.07, 6.45) is -0.553. The van der Waals surface area contributed by atoms with Gasteiger partial charge in [-0.25, -0.2) is 4.79 Å². The van der Waals surface area contributed by atoms with Gasteiger partial charge in [0.05, 0.1) is 6.54 Å². The van der Waals surface area contributed by atoms with Crippen LogP contribution in [0.4, 0.5) is 4.79 Å². The highest BCUT2D eigenvalue weighted by Gasteiger charge is 2.04. The molecule has 1 amide bonds. The maximum atomic E-state index is 11.4. The number of H-pyrrole nitrogens is 1. The number of carbonyl (C=O) groups is 1. The number of thiazole rings is 1. The lowest BCUT2D eigenvalue weighted by Gasteiger charge is -2.04. The Morgan fingerprint density at radius 3 is 2.76 bits per heavy atom. The second-order valence-corrected chi connectivity index (χ2v) is 4.07. The molecule has 0 aliphatic carbocycles. The Labute approximate surface area is 101 Å². The molecule has 0 radical (unpaired) electrons. The molecule has 17 heavy (non-hydrogen) atoms. The summed E-state index contributed by atoms with van der Waals surface area (Å²) in [5.41, 5.74) is 0.657. The monoisotopic (exact) mass is 250 g/mol. The van der Waals surface area contributed by atoms with E-state index in [0.29, 0.717) is 11.4 Å². The number of hydrogen-bond donors (Lipinski definition) is 2. The number of nitrogens with one attached hydrogen (secondary N) is 2. The van der Waals surface area contributed by atoms with Gasteiger partial charge in [0.25, 0.3) is 0 Å². The average molecular weight is 250 g/mol. The van der Waals surface area contributed by atoms with Crippen molar-refractivity contribution in [3.63, 3.8) is 0 Å². The normalized spacial score (nSPS) is 9.88. The van der Waals surface area contributed by atoms with Crippen LogP contribution in [0.2, 0.25) is 0 Å². The predicted octanol–water partition coefficient (Wildman–Crippen LogP) is 1.73. The summed E-state index contributed by atoms with van der Waals surface area (Å²) >= 11 is 1.06. The quantitative estimate of drug-likeness (QED) is 0.871. The summed E-state index contributed by atoms with van der Waals surface area (Å²) in [4.78, 5) is 24.7. The Morgan fingerprint density at radius 2 is 2.12 bits per heavy atom. The van der Waals surface area contributed by atoms with Crippen molar-refractivity contribution < 1.29 is 9.53 Å². The molecule has 0 aliphatic heterocycles. The fourth-order valence-corrected chi connectivity index (χ4v) is 1.78. The van der Waals surface area contributed by atoms with Crippen molar-refractivity contribution in [1.82, 2.24) is 10.3 Å². The molecule has 6 heteroatoms. The molecule has 0 atom stereocenters. The molecule has 0 saturated carbocycles. The first-order valence-corrected chi connectivity index (χ1v) is 5.79. The molecular formula is C11H10N2O3S. The van der Waals surface area contributed by atoms with Gasteiger partial charge in [0, 0.05) is 11.1 Å². The van der Waals surface area contributed by atoms with E-state index in [1.54, 1.807) is 29.6 Å². The topological polar surface area (TPSA) is 71.2 Å². The number of para-hydroxylation sites is 1. The number of ether oxygens (including phenoxy) is 1. The molecule has 5 nitrogen and oxygen atoms in total. The van der Waals surface area contributed by atoms with Crippen LogP contribution in [0.25, 0.3) is 0 Å². The highest BCUT2D eigenvalue weighted by atomic mass is 32.1. The molecule has 0 saturated heterocycles. The van der Waals surface area contributed by atoms with Crippen LogP contribution >= 0.6 is 11.3 Å². The van der Waals surface area contributed by atoms with E-state index in [1.807, 2.05) is 6.07 Å². The van der Waals surface area contributed by atoms with Crippen molar-refractivity contribution in [3.8, 4) is 5.75 Å². The first kappa shape index (κ1) is 11.4. The molecule has 2 rings (SSSR count). The SMILES string of the molecule is O=C(NCc1csc(=O)[nH]1)Oc1ccccc1. The van der Waals surface area contributed by atoms with E-state index in [9.17, 15) is 9.59 Å². The minimum atomic E-state index is -0.553. The lowest BCUT2D eigenvalue weighted by Crippen LogP contribution is -2.26. The molecule has 2 N–H and O–H groups in total. The van der Waals surface area contributed by atoms with Gasteiger partial charge in [-0.1, -0.05) is 29.5 Å². The largest absolute Gasteiger partial charge is 0.412 e. The van der Waals surface area contributed by atoms with Gasteiger partial charge in [0.2, 0.25) is 0 Å². The summed E-state index contributed by atoms with van der Waals surface area (Å²) in [5, 5.41) is 4.19. The van der Waals surface area contributed by atoms with Gasteiger partial charge >= 0.3 is 11.0 Å². The zero-order valence-corrected chi connectivity index (χ0v) is 9.62. The third-order valence-corrected chi connectivity index (χ3v) is 2.67. The fourth-order valence-electron chi connectivity index (χ4n) is 1.20. The van der Waals surface area contributed by atoms with E-state index in [0.717, 1.165) is 11.3 Å². The van der Waals surface area contributed by atoms with Gasteiger partial charge in [-0.05, 0) is 12.1 Å². The van der Waals surface area contributed by atoms with Crippen LogP contribution in [0.15, 0.2) is 40.5 Å². The first-order valence-electron chi connectivity index (χ1n) is 4.91. The van der Waals surface area contributed by atoms with Gasteiger partial charge in [0.1, 0.15) is 5.75 Å². The van der Waals surface area contributed by atoms with Gasteiger partial charge < -0.3 is 15.0 Å². The molecule has 1 heterocycles. The number of carbonyl (C=O) groups excluding carboxylic acids is 1. The van der Waals surface area contributed by atoms with Crippen molar-refractivity contribution in [3.05, 3.63) is 51.1 Å². The second kappa shape index (κ2) is 5.31. The molecule has 0 spiro atoms. The summed E-state index contributed by atoms with van der Waals surface area (Å²) in [6, 6.07) is 8.76. The van der Waals surface area contributed by atoms with E-state index >= 15 is 0 Å². The van der Waals surface area contributed by atoms with Gasteiger partial charge in [-0.15, -0.1) is 0 Å². The van der Waals surface area contributed by atoms with Crippen molar-refractivity contribution >= 4 is 17.4 Å². The Kier molecular flexibility index (Phi) is 3.56. The molecule has 0 unspecified atom stereocenters. The van der Waals surface area contributed by atoms with E-state index in [-0.39, 0.29) is 11.4 Å². The molecule has 1 aromatic carbocycles. The number of amides is 1. The minimum absolute atomic E-state index is 0.141. The molecule has 0 fully saturated rings. The third kappa shape index (κ3) is 3.46. The Bertz CT molecular complexity index is 547. The van der Waals surface area contributed by atoms with Crippen LogP contribution in [0, 0.1) is 0 Å². The highest BCUT2D eigenvalue weighted by Crippen LogP contribution is 2.08. The standard InChI is InChI=1S/C11H10N2O3S/c14-10(16-9-4-2-1-3-5-9)12-6-8-7-17-11(15)13-8/h1-5,7H,6H2,(H,12,14)(H,13,15). The van der Waals surface area contributed by atoms with Crippen molar-refractivity contribution in [2.45, 2.75) is 6.54 Å². The smallest absolute Gasteiger partial charge is 0.410 e. The van der Waals surface area contributed by atoms with Gasteiger partial charge in [-0.2, -0.15) is 0 Å². The number of aromatic amines is 1. The zero-order valence-electron chi connectivity index (χ0n) is 8.80. The van der Waals surface area contributed by atoms with Crippen molar-refractivity contribution in [2.24, 2.45) is 0 Å². The number of aromatic nitrogens is 1. The third-order valence-electron chi connectivity index (χ3n) is 1.95. The fraction of sp³-hybridized carbons (Fsp3) is 0.0909. The molecule has 0 aliphatic rings. The van der Waals surface area contributed by atoms with E-state index in [2.05, 4.69) is 10.3 Å². The summed E-state index contributed by atoms with van der Waals surface area (Å²) < 4.78 is 5.00. The predicted molar refractivity (Wildman–Crippen MR) is 64.2 cm³/mol. The molecular weight excluding hydrogens is 240 g/mol. The average Bonchev–Trinajstić information content (AvgIpc) is 2.74. The van der Waals surface area contributed by atoms with Crippen LogP contribution in [-0.4, -0.2) is 11.1 Å². The highest BCUT2D eigenvalue weighted by molar-refractivity contribution is 7.07. The maximum Gasteiger partial charge on any atom is 0.412 e. The summed E-state index contributed by atoms with van der Waals surface area (Å²) in [6.45, 7) is 0.240. The van der Waals surface area contributed by atoms with Gasteiger partial charge in [-0.3, -0.25) is 4.79 Å². The Hall–Kier alpha value is -2.08. The summed E-state index contributed by atoms with van der Waals surface area (Å²) in [5.74, 6) is 0.476. The summed E-state index contributed by atoms with van der Waals surface area (Å²) in [7, 11) is 0. The van der Waals surface area contributed by atoms with E-state index in [4.69, 9.17) is 4.74 Å². The zero-order chi connectivity index (χ0) is 12.1. The Morgan fingerprint density at radius 1 is 1.35 bits per heavy atom. The molecule has 2 aromatic rings.